The first-order chi connectivity index (χ1) is 9.74. The number of nitrogens with zero attached hydrogens (tertiary/aromatic N) is 1. The standard InChI is InChI=1S/C14H17FN4O.2ClH/c15-10-5-11(13-12(6-10)18-8-19-13)14(20)17-4-2-9-1-3-16-7-9;;/h5-6,8-9,16H,1-4,7H2,(H,17,20)(H,18,19);2*1H. The smallest absolute Gasteiger partial charge is 0.253 e. The Balaban J connectivity index is 0.00000121. The predicted octanol–water partition coefficient (Wildman–Crippen LogP) is 2.27. The first-order valence-electron chi connectivity index (χ1n) is 6.85. The number of hydrogen-bond donors (Lipinski definition) is 3. The molecular formula is C14H19Cl2FN4O. The fraction of sp³-hybridized carbons (Fsp3) is 0.429. The molecule has 0 spiro atoms. The quantitative estimate of drug-likeness (QED) is 0.793. The van der Waals surface area contributed by atoms with Crippen molar-refractivity contribution in [3.05, 3.63) is 29.8 Å². The third-order valence-corrected chi connectivity index (χ3v) is 3.73. The van der Waals surface area contributed by atoms with E-state index in [0.29, 0.717) is 23.5 Å². The molecule has 1 aliphatic rings. The molecule has 1 unspecified atom stereocenters. The van der Waals surface area contributed by atoms with Crippen LogP contribution in [0.25, 0.3) is 11.0 Å². The van der Waals surface area contributed by atoms with Gasteiger partial charge in [-0.15, -0.1) is 24.8 Å². The lowest BCUT2D eigenvalue weighted by molar-refractivity contribution is 0.0952. The van der Waals surface area contributed by atoms with Gasteiger partial charge in [0.25, 0.3) is 5.91 Å². The molecule has 1 aliphatic heterocycles. The van der Waals surface area contributed by atoms with Crippen LogP contribution in [-0.4, -0.2) is 35.5 Å². The molecule has 8 heteroatoms. The molecular weight excluding hydrogens is 330 g/mol. The van der Waals surface area contributed by atoms with E-state index in [-0.39, 0.29) is 36.3 Å². The number of aromatic nitrogens is 2. The summed E-state index contributed by atoms with van der Waals surface area (Å²) in [7, 11) is 0. The third-order valence-electron chi connectivity index (χ3n) is 3.73. The van der Waals surface area contributed by atoms with Gasteiger partial charge in [-0.3, -0.25) is 4.79 Å². The van der Waals surface area contributed by atoms with Crippen molar-refractivity contribution < 1.29 is 9.18 Å². The summed E-state index contributed by atoms with van der Waals surface area (Å²) in [5, 5.41) is 6.14. The lowest BCUT2D eigenvalue weighted by Crippen LogP contribution is -2.26. The number of imidazole rings is 1. The van der Waals surface area contributed by atoms with Crippen molar-refractivity contribution in [3.63, 3.8) is 0 Å². The Morgan fingerprint density at radius 1 is 1.41 bits per heavy atom. The second-order valence-corrected chi connectivity index (χ2v) is 5.16. The van der Waals surface area contributed by atoms with Crippen LogP contribution in [0.4, 0.5) is 4.39 Å². The molecule has 122 valence electrons. The number of carbonyl (C=O) groups is 1. The van der Waals surface area contributed by atoms with E-state index in [1.54, 1.807) is 0 Å². The Morgan fingerprint density at radius 3 is 2.95 bits per heavy atom. The summed E-state index contributed by atoms with van der Waals surface area (Å²) >= 11 is 0. The van der Waals surface area contributed by atoms with Crippen LogP contribution >= 0.6 is 24.8 Å². The van der Waals surface area contributed by atoms with Gasteiger partial charge in [-0.2, -0.15) is 0 Å². The van der Waals surface area contributed by atoms with Gasteiger partial charge in [0.2, 0.25) is 0 Å². The van der Waals surface area contributed by atoms with Gasteiger partial charge in [-0.05, 0) is 44.0 Å². The van der Waals surface area contributed by atoms with Crippen molar-refractivity contribution in [2.75, 3.05) is 19.6 Å². The van der Waals surface area contributed by atoms with E-state index < -0.39 is 5.82 Å². The molecule has 0 bridgehead atoms. The maximum absolute atomic E-state index is 13.5. The second kappa shape index (κ2) is 8.31. The van der Waals surface area contributed by atoms with E-state index in [4.69, 9.17) is 0 Å². The molecule has 3 rings (SSSR count). The summed E-state index contributed by atoms with van der Waals surface area (Å²) in [6, 6.07) is 2.57. The fourth-order valence-electron chi connectivity index (χ4n) is 2.63. The highest BCUT2D eigenvalue weighted by molar-refractivity contribution is 6.04. The largest absolute Gasteiger partial charge is 0.352 e. The first-order valence-corrected chi connectivity index (χ1v) is 6.85. The van der Waals surface area contributed by atoms with Gasteiger partial charge < -0.3 is 15.6 Å². The average molecular weight is 349 g/mol. The van der Waals surface area contributed by atoms with Crippen molar-refractivity contribution in [1.29, 1.82) is 0 Å². The number of H-pyrrole nitrogens is 1. The normalized spacial score (nSPS) is 16.9. The van der Waals surface area contributed by atoms with Crippen molar-refractivity contribution in [2.45, 2.75) is 12.8 Å². The molecule has 3 N–H and O–H groups in total. The Bertz CT molecular complexity index is 628. The number of nitrogens with one attached hydrogen (secondary N) is 3. The highest BCUT2D eigenvalue weighted by Gasteiger charge is 2.16. The van der Waals surface area contributed by atoms with Crippen molar-refractivity contribution >= 4 is 41.8 Å². The molecule has 1 amide bonds. The zero-order chi connectivity index (χ0) is 13.9. The molecule has 0 radical (unpaired) electrons. The van der Waals surface area contributed by atoms with E-state index in [1.165, 1.54) is 18.5 Å². The van der Waals surface area contributed by atoms with Gasteiger partial charge in [0.1, 0.15) is 11.3 Å². The van der Waals surface area contributed by atoms with Crippen LogP contribution in [0, 0.1) is 11.7 Å². The minimum Gasteiger partial charge on any atom is -0.352 e. The van der Waals surface area contributed by atoms with Crippen LogP contribution in [0.2, 0.25) is 0 Å². The van der Waals surface area contributed by atoms with E-state index in [2.05, 4.69) is 20.6 Å². The molecule has 1 atom stereocenters. The number of hydrogen-bond acceptors (Lipinski definition) is 3. The molecule has 0 aliphatic carbocycles. The lowest BCUT2D eigenvalue weighted by atomic mass is 10.1. The van der Waals surface area contributed by atoms with Gasteiger partial charge in [-0.1, -0.05) is 0 Å². The van der Waals surface area contributed by atoms with Crippen LogP contribution in [0.15, 0.2) is 18.5 Å². The fourth-order valence-corrected chi connectivity index (χ4v) is 2.63. The van der Waals surface area contributed by atoms with Gasteiger partial charge in [-0.25, -0.2) is 9.37 Å². The lowest BCUT2D eigenvalue weighted by Gasteiger charge is -2.09. The zero-order valence-corrected chi connectivity index (χ0v) is 13.5. The second-order valence-electron chi connectivity index (χ2n) is 5.16. The molecule has 2 heterocycles. The molecule has 2 aromatic rings. The number of halogens is 3. The number of fused-ring (bicyclic) bond motifs is 1. The highest BCUT2D eigenvalue weighted by atomic mass is 35.5. The number of rotatable bonds is 4. The SMILES string of the molecule is Cl.Cl.O=C(NCCC1CCNC1)c1cc(F)cc2[nH]cnc12. The molecule has 5 nitrogen and oxygen atoms in total. The summed E-state index contributed by atoms with van der Waals surface area (Å²) in [6.45, 7) is 2.67. The Kier molecular flexibility index (Phi) is 7.06. The highest BCUT2D eigenvalue weighted by Crippen LogP contribution is 2.17. The number of aromatic amines is 1. The molecule has 0 saturated carbocycles. The summed E-state index contributed by atoms with van der Waals surface area (Å²) in [6.07, 6.45) is 3.56. The monoisotopic (exact) mass is 348 g/mol. The van der Waals surface area contributed by atoms with Crippen LogP contribution in [0.1, 0.15) is 23.2 Å². The van der Waals surface area contributed by atoms with Gasteiger partial charge in [0.05, 0.1) is 17.4 Å². The number of carbonyl (C=O) groups excluding carboxylic acids is 1. The maximum Gasteiger partial charge on any atom is 0.253 e. The molecule has 1 aromatic heterocycles. The Hall–Kier alpha value is -1.37. The van der Waals surface area contributed by atoms with E-state index in [1.807, 2.05) is 0 Å². The Labute approximate surface area is 140 Å². The van der Waals surface area contributed by atoms with Gasteiger partial charge in [0.15, 0.2) is 0 Å². The summed E-state index contributed by atoms with van der Waals surface area (Å²) in [5.74, 6) is -0.0901. The molecule has 22 heavy (non-hydrogen) atoms. The molecule has 1 fully saturated rings. The summed E-state index contributed by atoms with van der Waals surface area (Å²) < 4.78 is 13.5. The van der Waals surface area contributed by atoms with Crippen molar-refractivity contribution in [2.24, 2.45) is 5.92 Å². The van der Waals surface area contributed by atoms with Crippen LogP contribution in [0.3, 0.4) is 0 Å². The van der Waals surface area contributed by atoms with E-state index in [0.717, 1.165) is 25.9 Å². The average Bonchev–Trinajstić information content (AvgIpc) is 3.08. The van der Waals surface area contributed by atoms with Crippen LogP contribution < -0.4 is 10.6 Å². The first kappa shape index (κ1) is 18.7. The molecule has 1 saturated heterocycles. The Morgan fingerprint density at radius 2 is 2.23 bits per heavy atom. The van der Waals surface area contributed by atoms with E-state index in [9.17, 15) is 9.18 Å². The number of benzene rings is 1. The minimum atomic E-state index is -0.438. The van der Waals surface area contributed by atoms with Crippen LogP contribution in [-0.2, 0) is 0 Å². The van der Waals surface area contributed by atoms with Gasteiger partial charge in [0, 0.05) is 6.54 Å². The topological polar surface area (TPSA) is 69.8 Å². The van der Waals surface area contributed by atoms with Crippen molar-refractivity contribution in [1.82, 2.24) is 20.6 Å². The predicted molar refractivity (Wildman–Crippen MR) is 88.5 cm³/mol. The maximum atomic E-state index is 13.5. The summed E-state index contributed by atoms with van der Waals surface area (Å²) in [4.78, 5) is 19.0. The van der Waals surface area contributed by atoms with E-state index >= 15 is 0 Å². The zero-order valence-electron chi connectivity index (χ0n) is 11.9. The minimum absolute atomic E-state index is 0. The summed E-state index contributed by atoms with van der Waals surface area (Å²) in [5.41, 5.74) is 1.33. The molecule has 1 aromatic carbocycles. The van der Waals surface area contributed by atoms with Crippen LogP contribution in [0.5, 0.6) is 0 Å². The third kappa shape index (κ3) is 4.09. The van der Waals surface area contributed by atoms with Gasteiger partial charge >= 0.3 is 0 Å². The van der Waals surface area contributed by atoms with Crippen molar-refractivity contribution in [3.8, 4) is 0 Å². The number of amides is 1.